The monoisotopic (exact) mass is 400 g/mol. The van der Waals surface area contributed by atoms with Crippen LogP contribution in [0, 0.1) is 5.92 Å². The second-order valence-corrected chi connectivity index (χ2v) is 7.59. The molecule has 136 valence electrons. The molecule has 1 fully saturated rings. The van der Waals surface area contributed by atoms with Crippen LogP contribution in [0.25, 0.3) is 0 Å². The lowest BCUT2D eigenvalue weighted by atomic mass is 9.93. The van der Waals surface area contributed by atoms with E-state index in [1.165, 1.54) is 11.3 Å². The van der Waals surface area contributed by atoms with Crippen LogP contribution in [0.2, 0.25) is 5.02 Å². The number of nitrogens with one attached hydrogen (secondary N) is 2. The second-order valence-electron chi connectivity index (χ2n) is 6.09. The summed E-state index contributed by atoms with van der Waals surface area (Å²) < 4.78 is 0. The molecular formula is C17H22Cl2N4OS. The van der Waals surface area contributed by atoms with Gasteiger partial charge in [0.1, 0.15) is 5.01 Å². The Kier molecular flexibility index (Phi) is 8.09. The first-order valence-corrected chi connectivity index (χ1v) is 9.46. The topological polar surface area (TPSA) is 66.9 Å². The average molecular weight is 401 g/mol. The minimum atomic E-state index is 0. The largest absolute Gasteiger partial charge is 0.317 e. The molecule has 1 aliphatic heterocycles. The molecule has 0 saturated carbocycles. The number of benzene rings is 1. The maximum atomic E-state index is 12.1. The third-order valence-electron chi connectivity index (χ3n) is 4.20. The molecule has 3 rings (SSSR count). The molecular weight excluding hydrogens is 379 g/mol. The van der Waals surface area contributed by atoms with E-state index in [-0.39, 0.29) is 18.3 Å². The quantitative estimate of drug-likeness (QED) is 0.770. The van der Waals surface area contributed by atoms with Crippen LogP contribution in [0.5, 0.6) is 0 Å². The maximum Gasteiger partial charge on any atom is 0.226 e. The Morgan fingerprint density at radius 1 is 1.32 bits per heavy atom. The number of halogens is 2. The summed E-state index contributed by atoms with van der Waals surface area (Å²) in [6.45, 7) is 2.13. The molecule has 2 N–H and O–H groups in total. The number of amides is 1. The van der Waals surface area contributed by atoms with E-state index in [9.17, 15) is 4.79 Å². The number of anilines is 1. The van der Waals surface area contributed by atoms with Gasteiger partial charge in [-0.2, -0.15) is 0 Å². The third-order valence-corrected chi connectivity index (χ3v) is 5.27. The molecule has 1 aliphatic rings. The van der Waals surface area contributed by atoms with E-state index < -0.39 is 0 Å². The van der Waals surface area contributed by atoms with E-state index in [1.54, 1.807) is 0 Å². The molecule has 2 aromatic rings. The van der Waals surface area contributed by atoms with Gasteiger partial charge in [-0.25, -0.2) is 0 Å². The second kappa shape index (κ2) is 10.1. The van der Waals surface area contributed by atoms with Gasteiger partial charge < -0.3 is 10.6 Å². The fraction of sp³-hybridized carbons (Fsp3) is 0.471. The maximum absolute atomic E-state index is 12.1. The predicted octanol–water partition coefficient (Wildman–Crippen LogP) is 3.92. The fourth-order valence-corrected chi connectivity index (χ4v) is 3.89. The summed E-state index contributed by atoms with van der Waals surface area (Å²) in [6.07, 6.45) is 4.49. The lowest BCUT2D eigenvalue weighted by Crippen LogP contribution is -2.28. The number of hydrogen-bond acceptors (Lipinski definition) is 5. The Balaban J connectivity index is 0.00000225. The highest BCUT2D eigenvalue weighted by atomic mass is 35.5. The summed E-state index contributed by atoms with van der Waals surface area (Å²) in [7, 11) is 0. The van der Waals surface area contributed by atoms with Crippen molar-refractivity contribution in [1.82, 2.24) is 15.5 Å². The molecule has 0 aliphatic carbocycles. The normalized spacial score (nSPS) is 14.8. The zero-order valence-corrected chi connectivity index (χ0v) is 16.2. The van der Waals surface area contributed by atoms with Crippen molar-refractivity contribution >= 4 is 46.4 Å². The third kappa shape index (κ3) is 6.55. The lowest BCUT2D eigenvalue weighted by molar-refractivity contribution is -0.116. The summed E-state index contributed by atoms with van der Waals surface area (Å²) in [4.78, 5) is 12.1. The van der Waals surface area contributed by atoms with Crippen LogP contribution >= 0.6 is 35.3 Å². The van der Waals surface area contributed by atoms with Gasteiger partial charge in [0.15, 0.2) is 0 Å². The summed E-state index contributed by atoms with van der Waals surface area (Å²) in [6, 6.07) is 7.69. The zero-order valence-electron chi connectivity index (χ0n) is 13.8. The molecule has 25 heavy (non-hydrogen) atoms. The molecule has 5 nitrogen and oxygen atoms in total. The first kappa shape index (κ1) is 20.1. The molecule has 0 radical (unpaired) electrons. The van der Waals surface area contributed by atoms with Gasteiger partial charge in [-0.15, -0.1) is 22.6 Å². The van der Waals surface area contributed by atoms with Gasteiger partial charge in [0.2, 0.25) is 11.0 Å². The SMILES string of the molecule is Cl.O=C(CCC1CCNCC1)Nc1nnc(Cc2cccc(Cl)c2)s1. The minimum Gasteiger partial charge on any atom is -0.317 e. The first-order valence-electron chi connectivity index (χ1n) is 8.26. The lowest BCUT2D eigenvalue weighted by Gasteiger charge is -2.21. The number of hydrogen-bond donors (Lipinski definition) is 2. The van der Waals surface area contributed by atoms with E-state index >= 15 is 0 Å². The van der Waals surface area contributed by atoms with Gasteiger partial charge in [-0.1, -0.05) is 35.1 Å². The van der Waals surface area contributed by atoms with Crippen molar-refractivity contribution in [2.75, 3.05) is 18.4 Å². The summed E-state index contributed by atoms with van der Waals surface area (Å²) in [5.74, 6) is 0.684. The van der Waals surface area contributed by atoms with Crippen LogP contribution in [0.4, 0.5) is 5.13 Å². The number of carbonyl (C=O) groups is 1. The Labute approximate surface area is 163 Å². The molecule has 0 spiro atoms. The Bertz CT molecular complexity index is 689. The predicted molar refractivity (Wildman–Crippen MR) is 105 cm³/mol. The van der Waals surface area contributed by atoms with E-state index in [4.69, 9.17) is 11.6 Å². The Morgan fingerprint density at radius 2 is 2.12 bits per heavy atom. The van der Waals surface area contributed by atoms with Crippen molar-refractivity contribution < 1.29 is 4.79 Å². The van der Waals surface area contributed by atoms with Gasteiger partial charge in [0.05, 0.1) is 0 Å². The first-order chi connectivity index (χ1) is 11.7. The highest BCUT2D eigenvalue weighted by molar-refractivity contribution is 7.15. The van der Waals surface area contributed by atoms with Crippen molar-refractivity contribution in [2.24, 2.45) is 5.92 Å². The van der Waals surface area contributed by atoms with Gasteiger partial charge in [0, 0.05) is 17.9 Å². The van der Waals surface area contributed by atoms with Gasteiger partial charge in [-0.05, 0) is 56.0 Å². The zero-order chi connectivity index (χ0) is 16.8. The molecule has 1 aromatic heterocycles. The van der Waals surface area contributed by atoms with Crippen LogP contribution in [0.15, 0.2) is 24.3 Å². The molecule has 1 amide bonds. The summed E-state index contributed by atoms with van der Waals surface area (Å²) >= 11 is 7.41. The number of aromatic nitrogens is 2. The van der Waals surface area contributed by atoms with Crippen LogP contribution in [-0.4, -0.2) is 29.2 Å². The number of piperidine rings is 1. The molecule has 2 heterocycles. The standard InChI is InChI=1S/C17H21ClN4OS.ClH/c18-14-3-1-2-13(10-14)11-16-21-22-17(24-16)20-15(23)5-4-12-6-8-19-9-7-12;/h1-3,10,12,19H,4-9,11H2,(H,20,22,23);1H. The van der Waals surface area contributed by atoms with Crippen molar-refractivity contribution in [3.8, 4) is 0 Å². The summed E-state index contributed by atoms with van der Waals surface area (Å²) in [5, 5.41) is 16.6. The van der Waals surface area contributed by atoms with Crippen LogP contribution < -0.4 is 10.6 Å². The van der Waals surface area contributed by atoms with Crippen LogP contribution in [0.3, 0.4) is 0 Å². The molecule has 0 atom stereocenters. The Hall–Kier alpha value is -1.21. The van der Waals surface area contributed by atoms with Gasteiger partial charge in [0.25, 0.3) is 0 Å². The Morgan fingerprint density at radius 3 is 2.88 bits per heavy atom. The van der Waals surface area contributed by atoms with E-state index in [0.717, 1.165) is 42.9 Å². The van der Waals surface area contributed by atoms with Crippen LogP contribution in [0.1, 0.15) is 36.3 Å². The summed E-state index contributed by atoms with van der Waals surface area (Å²) in [5.41, 5.74) is 1.09. The van der Waals surface area contributed by atoms with Crippen molar-refractivity contribution in [2.45, 2.75) is 32.1 Å². The average Bonchev–Trinajstić information content (AvgIpc) is 3.01. The number of rotatable bonds is 6. The highest BCUT2D eigenvalue weighted by Gasteiger charge is 2.15. The van der Waals surface area contributed by atoms with E-state index in [0.29, 0.717) is 28.9 Å². The van der Waals surface area contributed by atoms with E-state index in [2.05, 4.69) is 20.8 Å². The minimum absolute atomic E-state index is 0. The van der Waals surface area contributed by atoms with Crippen molar-refractivity contribution in [1.29, 1.82) is 0 Å². The molecule has 1 aromatic carbocycles. The molecule has 0 unspecified atom stereocenters. The molecule has 1 saturated heterocycles. The van der Waals surface area contributed by atoms with Gasteiger partial charge in [-0.3, -0.25) is 4.79 Å². The van der Waals surface area contributed by atoms with Crippen molar-refractivity contribution in [3.05, 3.63) is 39.9 Å². The number of nitrogens with zero attached hydrogens (tertiary/aromatic N) is 2. The fourth-order valence-electron chi connectivity index (χ4n) is 2.88. The molecule has 0 bridgehead atoms. The molecule has 8 heteroatoms. The van der Waals surface area contributed by atoms with Crippen LogP contribution in [-0.2, 0) is 11.2 Å². The smallest absolute Gasteiger partial charge is 0.226 e. The van der Waals surface area contributed by atoms with Crippen molar-refractivity contribution in [3.63, 3.8) is 0 Å². The highest BCUT2D eigenvalue weighted by Crippen LogP contribution is 2.22. The van der Waals surface area contributed by atoms with Gasteiger partial charge >= 0.3 is 0 Å². The number of carbonyl (C=O) groups excluding carboxylic acids is 1. The van der Waals surface area contributed by atoms with E-state index in [1.807, 2.05) is 24.3 Å².